The Balaban J connectivity index is 0.00000220. The van der Waals surface area contributed by atoms with Gasteiger partial charge in [-0.2, -0.15) is 0 Å². The fourth-order valence-electron chi connectivity index (χ4n) is 2.34. The summed E-state index contributed by atoms with van der Waals surface area (Å²) in [5, 5.41) is 0. The quantitative estimate of drug-likeness (QED) is 0.725. The van der Waals surface area contributed by atoms with Gasteiger partial charge in [0.1, 0.15) is 13.2 Å². The normalized spacial score (nSPS) is 15.2. The maximum atomic E-state index is 11.5. The average Bonchev–Trinajstić information content (AvgIpc) is 2.49. The van der Waals surface area contributed by atoms with Crippen molar-refractivity contribution in [3.8, 4) is 0 Å². The van der Waals surface area contributed by atoms with E-state index in [1.165, 1.54) is 19.3 Å². The number of carbonyl (C=O) groups is 1. The molecule has 0 amide bonds. The highest BCUT2D eigenvalue weighted by Gasteiger charge is 2.10. The van der Waals surface area contributed by atoms with Crippen LogP contribution < -0.4 is 0 Å². The number of esters is 1. The molecule has 0 unspecified atom stereocenters. The Morgan fingerprint density at radius 1 is 1.10 bits per heavy atom. The van der Waals surface area contributed by atoms with Crippen molar-refractivity contribution in [2.75, 3.05) is 32.8 Å². The highest BCUT2D eigenvalue weighted by Crippen LogP contribution is 2.07. The monoisotopic (exact) mass is 313 g/mol. The Labute approximate surface area is 132 Å². The Morgan fingerprint density at radius 3 is 2.52 bits per heavy atom. The zero-order valence-electron chi connectivity index (χ0n) is 12.3. The van der Waals surface area contributed by atoms with Crippen LogP contribution in [0, 0.1) is 0 Å². The Bertz CT molecular complexity index is 394. The SMILES string of the molecule is Cl.O=C(COCc1ccccc1)OCCN1CCCCC1. The van der Waals surface area contributed by atoms with Gasteiger partial charge in [-0.1, -0.05) is 36.8 Å². The van der Waals surface area contributed by atoms with Crippen LogP contribution in [-0.4, -0.2) is 43.7 Å². The predicted octanol–water partition coefficient (Wildman–Crippen LogP) is 2.65. The van der Waals surface area contributed by atoms with Gasteiger partial charge in [0.25, 0.3) is 0 Å². The fourth-order valence-corrected chi connectivity index (χ4v) is 2.34. The standard InChI is InChI=1S/C16H23NO3.ClH/c18-16(14-19-13-15-7-3-1-4-8-15)20-12-11-17-9-5-2-6-10-17;/h1,3-4,7-8H,2,5-6,9-14H2;1H. The summed E-state index contributed by atoms with van der Waals surface area (Å²) in [6, 6.07) is 9.81. The number of rotatable bonds is 7. The third kappa shape index (κ3) is 7.46. The molecule has 1 heterocycles. The Hall–Kier alpha value is -1.10. The Morgan fingerprint density at radius 2 is 1.81 bits per heavy atom. The summed E-state index contributed by atoms with van der Waals surface area (Å²) in [6.45, 7) is 4.03. The summed E-state index contributed by atoms with van der Waals surface area (Å²) in [5.41, 5.74) is 1.06. The highest BCUT2D eigenvalue weighted by atomic mass is 35.5. The zero-order chi connectivity index (χ0) is 14.0. The molecule has 118 valence electrons. The minimum atomic E-state index is -0.280. The van der Waals surface area contributed by atoms with Crippen molar-refractivity contribution in [3.05, 3.63) is 35.9 Å². The molecule has 1 aliphatic heterocycles. The molecule has 0 N–H and O–H groups in total. The molecule has 0 saturated carbocycles. The smallest absolute Gasteiger partial charge is 0.332 e. The molecule has 0 atom stereocenters. The van der Waals surface area contributed by atoms with Gasteiger partial charge in [0.15, 0.2) is 0 Å². The molecule has 4 nitrogen and oxygen atoms in total. The molecule has 1 aromatic rings. The molecule has 1 aliphatic rings. The molecule has 0 bridgehead atoms. The lowest BCUT2D eigenvalue weighted by atomic mass is 10.1. The number of likely N-dealkylation sites (tertiary alicyclic amines) is 1. The number of nitrogens with zero attached hydrogens (tertiary/aromatic N) is 1. The second-order valence-corrected chi connectivity index (χ2v) is 5.10. The van der Waals surface area contributed by atoms with Gasteiger partial charge in [-0.25, -0.2) is 4.79 Å². The number of hydrogen-bond donors (Lipinski definition) is 0. The Kier molecular flexibility index (Phi) is 9.06. The summed E-state index contributed by atoms with van der Waals surface area (Å²) in [7, 11) is 0. The minimum absolute atomic E-state index is 0. The first kappa shape index (κ1) is 18.0. The van der Waals surface area contributed by atoms with Gasteiger partial charge in [-0.3, -0.25) is 4.90 Å². The molecule has 1 aromatic carbocycles. The maximum absolute atomic E-state index is 11.5. The molecule has 5 heteroatoms. The van der Waals surface area contributed by atoms with Crippen LogP contribution in [0.4, 0.5) is 0 Å². The largest absolute Gasteiger partial charge is 0.463 e. The summed E-state index contributed by atoms with van der Waals surface area (Å²) in [6.07, 6.45) is 3.84. The van der Waals surface area contributed by atoms with Gasteiger partial charge in [0, 0.05) is 6.54 Å². The molecular formula is C16H24ClNO3. The van der Waals surface area contributed by atoms with Crippen LogP contribution in [0.3, 0.4) is 0 Å². The highest BCUT2D eigenvalue weighted by molar-refractivity contribution is 5.85. The van der Waals surface area contributed by atoms with Crippen molar-refractivity contribution in [3.63, 3.8) is 0 Å². The first-order valence-electron chi connectivity index (χ1n) is 7.34. The van der Waals surface area contributed by atoms with E-state index in [0.717, 1.165) is 25.2 Å². The van der Waals surface area contributed by atoms with E-state index in [1.54, 1.807) is 0 Å². The average molecular weight is 314 g/mol. The lowest BCUT2D eigenvalue weighted by Gasteiger charge is -2.25. The first-order valence-corrected chi connectivity index (χ1v) is 7.34. The van der Waals surface area contributed by atoms with Crippen molar-refractivity contribution in [2.24, 2.45) is 0 Å². The van der Waals surface area contributed by atoms with E-state index < -0.39 is 0 Å². The fraction of sp³-hybridized carbons (Fsp3) is 0.562. The van der Waals surface area contributed by atoms with Crippen LogP contribution >= 0.6 is 12.4 Å². The molecule has 0 aliphatic carbocycles. The van der Waals surface area contributed by atoms with Crippen LogP contribution in [0.5, 0.6) is 0 Å². The van der Waals surface area contributed by atoms with Crippen LogP contribution in [0.15, 0.2) is 30.3 Å². The number of hydrogen-bond acceptors (Lipinski definition) is 4. The van der Waals surface area contributed by atoms with Crippen LogP contribution in [-0.2, 0) is 20.9 Å². The van der Waals surface area contributed by atoms with Gasteiger partial charge < -0.3 is 9.47 Å². The molecular weight excluding hydrogens is 290 g/mol. The summed E-state index contributed by atoms with van der Waals surface area (Å²) >= 11 is 0. The van der Waals surface area contributed by atoms with E-state index in [0.29, 0.717) is 13.2 Å². The topological polar surface area (TPSA) is 38.8 Å². The minimum Gasteiger partial charge on any atom is -0.463 e. The second-order valence-electron chi connectivity index (χ2n) is 5.10. The van der Waals surface area contributed by atoms with Crippen LogP contribution in [0.25, 0.3) is 0 Å². The van der Waals surface area contributed by atoms with Crippen molar-refractivity contribution in [1.29, 1.82) is 0 Å². The van der Waals surface area contributed by atoms with Gasteiger partial charge in [-0.05, 0) is 31.5 Å². The van der Waals surface area contributed by atoms with Crippen LogP contribution in [0.2, 0.25) is 0 Å². The third-order valence-corrected chi connectivity index (χ3v) is 3.45. The lowest BCUT2D eigenvalue weighted by Crippen LogP contribution is -2.33. The second kappa shape index (κ2) is 10.6. The van der Waals surface area contributed by atoms with Crippen LogP contribution in [0.1, 0.15) is 24.8 Å². The van der Waals surface area contributed by atoms with E-state index >= 15 is 0 Å². The van der Waals surface area contributed by atoms with Gasteiger partial charge in [-0.15, -0.1) is 12.4 Å². The number of ether oxygens (including phenoxy) is 2. The molecule has 1 fully saturated rings. The number of piperidine rings is 1. The third-order valence-electron chi connectivity index (χ3n) is 3.45. The molecule has 21 heavy (non-hydrogen) atoms. The van der Waals surface area contributed by atoms with Gasteiger partial charge >= 0.3 is 5.97 Å². The molecule has 2 rings (SSSR count). The van der Waals surface area contributed by atoms with E-state index in [2.05, 4.69) is 4.90 Å². The van der Waals surface area contributed by atoms with Gasteiger partial charge in [0.2, 0.25) is 0 Å². The van der Waals surface area contributed by atoms with E-state index in [4.69, 9.17) is 9.47 Å². The predicted molar refractivity (Wildman–Crippen MR) is 84.6 cm³/mol. The van der Waals surface area contributed by atoms with Crippen molar-refractivity contribution in [1.82, 2.24) is 4.90 Å². The molecule has 0 radical (unpaired) electrons. The number of halogens is 1. The lowest BCUT2D eigenvalue weighted by molar-refractivity contribution is -0.149. The maximum Gasteiger partial charge on any atom is 0.332 e. The summed E-state index contributed by atoms with van der Waals surface area (Å²) < 4.78 is 10.5. The van der Waals surface area contributed by atoms with E-state index in [9.17, 15) is 4.79 Å². The van der Waals surface area contributed by atoms with E-state index in [-0.39, 0.29) is 25.0 Å². The van der Waals surface area contributed by atoms with Crippen molar-refractivity contribution < 1.29 is 14.3 Å². The summed E-state index contributed by atoms with van der Waals surface area (Å²) in [4.78, 5) is 13.9. The van der Waals surface area contributed by atoms with Crippen molar-refractivity contribution in [2.45, 2.75) is 25.9 Å². The first-order chi connectivity index (χ1) is 9.84. The summed E-state index contributed by atoms with van der Waals surface area (Å²) in [5.74, 6) is -0.280. The zero-order valence-corrected chi connectivity index (χ0v) is 13.1. The van der Waals surface area contributed by atoms with Gasteiger partial charge in [0.05, 0.1) is 6.61 Å². The number of benzene rings is 1. The molecule has 0 aromatic heterocycles. The number of carbonyl (C=O) groups excluding carboxylic acids is 1. The van der Waals surface area contributed by atoms with Crippen molar-refractivity contribution >= 4 is 18.4 Å². The van der Waals surface area contributed by atoms with E-state index in [1.807, 2.05) is 30.3 Å². The molecule has 0 spiro atoms. The molecule has 1 saturated heterocycles.